The molecular formula is C12H22N6. The van der Waals surface area contributed by atoms with E-state index in [9.17, 15) is 0 Å². The number of hydrogen-bond donors (Lipinski definition) is 2. The van der Waals surface area contributed by atoms with Crippen LogP contribution in [0.15, 0.2) is 6.33 Å². The summed E-state index contributed by atoms with van der Waals surface area (Å²) in [4.78, 5) is 10.7. The lowest BCUT2D eigenvalue weighted by Crippen LogP contribution is -2.47. The van der Waals surface area contributed by atoms with E-state index in [4.69, 9.17) is 5.73 Å². The Morgan fingerprint density at radius 3 is 2.67 bits per heavy atom. The highest BCUT2D eigenvalue weighted by molar-refractivity contribution is 5.54. The maximum atomic E-state index is 5.92. The third kappa shape index (κ3) is 3.08. The van der Waals surface area contributed by atoms with Crippen molar-refractivity contribution >= 4 is 11.6 Å². The summed E-state index contributed by atoms with van der Waals surface area (Å²) in [7, 11) is 2.14. The lowest BCUT2D eigenvalue weighted by Gasteiger charge is -2.33. The van der Waals surface area contributed by atoms with Crippen molar-refractivity contribution in [1.29, 1.82) is 0 Å². The largest absolute Gasteiger partial charge is 0.383 e. The number of nitrogens with zero attached hydrogens (tertiary/aromatic N) is 4. The molecule has 0 amide bonds. The van der Waals surface area contributed by atoms with E-state index in [1.807, 2.05) is 0 Å². The minimum Gasteiger partial charge on any atom is -0.383 e. The molecule has 1 fully saturated rings. The molecular weight excluding hydrogens is 228 g/mol. The summed E-state index contributed by atoms with van der Waals surface area (Å²) < 4.78 is 0. The molecule has 0 bridgehead atoms. The Morgan fingerprint density at radius 2 is 2.00 bits per heavy atom. The Hall–Kier alpha value is -1.40. The first kappa shape index (κ1) is 13.0. The van der Waals surface area contributed by atoms with Crippen molar-refractivity contribution in [3.8, 4) is 0 Å². The zero-order chi connectivity index (χ0) is 13.0. The molecule has 0 unspecified atom stereocenters. The summed E-state index contributed by atoms with van der Waals surface area (Å²) in [6.07, 6.45) is 3.46. The normalized spacial score (nSPS) is 17.9. The molecule has 0 aromatic carbocycles. The highest BCUT2D eigenvalue weighted by atomic mass is 15.5. The highest BCUT2D eigenvalue weighted by Crippen LogP contribution is 2.19. The summed E-state index contributed by atoms with van der Waals surface area (Å²) in [6.45, 7) is 6.25. The van der Waals surface area contributed by atoms with Gasteiger partial charge in [0.15, 0.2) is 0 Å². The van der Waals surface area contributed by atoms with Gasteiger partial charge in [0.25, 0.3) is 0 Å². The lowest BCUT2D eigenvalue weighted by molar-refractivity contribution is 0.178. The number of rotatable bonds is 4. The second kappa shape index (κ2) is 5.97. The topological polar surface area (TPSA) is 70.3 Å². The van der Waals surface area contributed by atoms with Crippen LogP contribution in [0.2, 0.25) is 0 Å². The molecule has 1 aliphatic rings. The molecule has 100 valence electrons. The van der Waals surface area contributed by atoms with E-state index in [-0.39, 0.29) is 0 Å². The van der Waals surface area contributed by atoms with E-state index in [0.717, 1.165) is 50.4 Å². The van der Waals surface area contributed by atoms with Crippen LogP contribution in [0.25, 0.3) is 0 Å². The van der Waals surface area contributed by atoms with Crippen molar-refractivity contribution in [2.75, 3.05) is 44.4 Å². The third-order valence-corrected chi connectivity index (χ3v) is 3.25. The molecule has 1 aromatic rings. The van der Waals surface area contributed by atoms with Gasteiger partial charge in [0.1, 0.15) is 18.0 Å². The summed E-state index contributed by atoms with van der Waals surface area (Å²) in [5, 5.41) is 2.20. The Morgan fingerprint density at radius 1 is 1.28 bits per heavy atom. The summed E-state index contributed by atoms with van der Waals surface area (Å²) >= 11 is 0. The van der Waals surface area contributed by atoms with Gasteiger partial charge in [-0.05, 0) is 13.5 Å². The van der Waals surface area contributed by atoms with Crippen LogP contribution in [-0.4, -0.2) is 53.1 Å². The van der Waals surface area contributed by atoms with E-state index in [0.29, 0.717) is 5.82 Å². The molecule has 6 heteroatoms. The van der Waals surface area contributed by atoms with Crippen molar-refractivity contribution in [3.05, 3.63) is 11.9 Å². The van der Waals surface area contributed by atoms with Crippen molar-refractivity contribution in [2.24, 2.45) is 0 Å². The smallest absolute Gasteiger partial charge is 0.149 e. The van der Waals surface area contributed by atoms with E-state index in [1.54, 1.807) is 0 Å². The second-order valence-electron chi connectivity index (χ2n) is 4.74. The number of nitrogens with one attached hydrogen (secondary N) is 1. The molecule has 1 aromatic heterocycles. The Labute approximate surface area is 108 Å². The van der Waals surface area contributed by atoms with Crippen LogP contribution in [0.5, 0.6) is 0 Å². The van der Waals surface area contributed by atoms with Crippen LogP contribution in [0.4, 0.5) is 11.6 Å². The van der Waals surface area contributed by atoms with Gasteiger partial charge in [0.2, 0.25) is 0 Å². The van der Waals surface area contributed by atoms with Crippen LogP contribution in [0, 0.1) is 0 Å². The van der Waals surface area contributed by atoms with Gasteiger partial charge in [0.05, 0.1) is 0 Å². The molecule has 2 heterocycles. The fourth-order valence-corrected chi connectivity index (χ4v) is 2.09. The summed E-state index contributed by atoms with van der Waals surface area (Å²) in [5.41, 5.74) is 10.3. The molecule has 1 aliphatic heterocycles. The van der Waals surface area contributed by atoms with Crippen LogP contribution in [0.3, 0.4) is 0 Å². The van der Waals surface area contributed by atoms with Gasteiger partial charge in [-0.2, -0.15) is 0 Å². The fraction of sp³-hybridized carbons (Fsp3) is 0.667. The van der Waals surface area contributed by atoms with Crippen LogP contribution in [-0.2, 0) is 6.42 Å². The number of nitrogen functional groups attached to an aromatic ring is 1. The molecule has 0 atom stereocenters. The molecule has 3 N–H and O–H groups in total. The van der Waals surface area contributed by atoms with Gasteiger partial charge in [0, 0.05) is 31.7 Å². The molecule has 0 radical (unpaired) electrons. The van der Waals surface area contributed by atoms with Gasteiger partial charge < -0.3 is 16.1 Å². The predicted octanol–water partition coefficient (Wildman–Crippen LogP) is 0.586. The third-order valence-electron chi connectivity index (χ3n) is 3.25. The number of hydrazine groups is 1. The van der Waals surface area contributed by atoms with E-state index in [2.05, 4.69) is 39.3 Å². The first-order chi connectivity index (χ1) is 8.70. The van der Waals surface area contributed by atoms with E-state index < -0.39 is 0 Å². The molecule has 6 nitrogen and oxygen atoms in total. The molecule has 0 spiro atoms. The highest BCUT2D eigenvalue weighted by Gasteiger charge is 2.16. The number of nitrogens with two attached hydrogens (primary N) is 1. The zero-order valence-corrected chi connectivity index (χ0v) is 11.2. The molecule has 0 saturated carbocycles. The van der Waals surface area contributed by atoms with Crippen LogP contribution >= 0.6 is 0 Å². The minimum atomic E-state index is 0.587. The van der Waals surface area contributed by atoms with Crippen molar-refractivity contribution in [1.82, 2.24) is 19.9 Å². The number of aromatic nitrogens is 2. The minimum absolute atomic E-state index is 0.587. The number of hydrogen-bond acceptors (Lipinski definition) is 6. The first-order valence-corrected chi connectivity index (χ1v) is 6.50. The van der Waals surface area contributed by atoms with Gasteiger partial charge in [-0.25, -0.2) is 15.0 Å². The Balaban J connectivity index is 2.06. The van der Waals surface area contributed by atoms with Gasteiger partial charge in [-0.15, -0.1) is 0 Å². The van der Waals surface area contributed by atoms with Crippen LogP contribution < -0.4 is 11.2 Å². The second-order valence-corrected chi connectivity index (χ2v) is 4.74. The molecule has 2 rings (SSSR count). The van der Waals surface area contributed by atoms with Gasteiger partial charge >= 0.3 is 0 Å². The van der Waals surface area contributed by atoms with Crippen LogP contribution in [0.1, 0.15) is 18.9 Å². The van der Waals surface area contributed by atoms with Crippen molar-refractivity contribution in [3.63, 3.8) is 0 Å². The molecule has 1 saturated heterocycles. The maximum Gasteiger partial charge on any atom is 0.149 e. The fourth-order valence-electron chi connectivity index (χ4n) is 2.09. The molecule has 18 heavy (non-hydrogen) atoms. The lowest BCUT2D eigenvalue weighted by atomic mass is 10.1. The average molecular weight is 250 g/mol. The Bertz CT molecular complexity index is 386. The average Bonchev–Trinajstić information content (AvgIpc) is 2.36. The number of likely N-dealkylation sites (N-methyl/N-ethyl adjacent to an activating group) is 1. The predicted molar refractivity (Wildman–Crippen MR) is 73.1 cm³/mol. The summed E-state index contributed by atoms with van der Waals surface area (Å²) in [6, 6.07) is 0. The van der Waals surface area contributed by atoms with Gasteiger partial charge in [-0.3, -0.25) is 0 Å². The number of piperazine rings is 1. The van der Waals surface area contributed by atoms with E-state index >= 15 is 0 Å². The monoisotopic (exact) mass is 250 g/mol. The van der Waals surface area contributed by atoms with E-state index in [1.165, 1.54) is 6.33 Å². The Kier molecular flexibility index (Phi) is 4.33. The first-order valence-electron chi connectivity index (χ1n) is 6.50. The zero-order valence-electron chi connectivity index (χ0n) is 11.2. The summed E-state index contributed by atoms with van der Waals surface area (Å²) in [5.74, 6) is 1.44. The maximum absolute atomic E-state index is 5.92. The number of anilines is 2. The van der Waals surface area contributed by atoms with Crippen molar-refractivity contribution < 1.29 is 0 Å². The van der Waals surface area contributed by atoms with Gasteiger partial charge in [-0.1, -0.05) is 13.3 Å². The standard InChI is InChI=1S/C12H22N6/c1-3-4-10-11(13)14-9-15-12(10)16-18-7-5-17(2)6-8-18/h9H,3-8H2,1-2H3,(H3,13,14,15,16). The van der Waals surface area contributed by atoms with Crippen molar-refractivity contribution in [2.45, 2.75) is 19.8 Å². The SMILES string of the molecule is CCCc1c(N)ncnc1NN1CCN(C)CC1. The molecule has 0 aliphatic carbocycles. The quantitative estimate of drug-likeness (QED) is 0.815.